The van der Waals surface area contributed by atoms with E-state index in [2.05, 4.69) is 15.3 Å². The van der Waals surface area contributed by atoms with Gasteiger partial charge in [-0.2, -0.15) is 13.2 Å². The summed E-state index contributed by atoms with van der Waals surface area (Å²) in [6, 6.07) is 9.87. The van der Waals surface area contributed by atoms with Crippen LogP contribution in [0.5, 0.6) is 0 Å². The molecule has 2 amide bonds. The normalized spacial score (nSPS) is 14.6. The molecule has 0 bridgehead atoms. The van der Waals surface area contributed by atoms with Gasteiger partial charge in [0, 0.05) is 50.3 Å². The first-order chi connectivity index (χ1) is 14.4. The average molecular weight is 416 g/mol. The van der Waals surface area contributed by atoms with Crippen molar-refractivity contribution in [3.05, 3.63) is 66.7 Å². The molecule has 10 heteroatoms. The molecule has 1 saturated heterocycles. The second kappa shape index (κ2) is 8.05. The lowest BCUT2D eigenvalue weighted by molar-refractivity contribution is -0.137. The summed E-state index contributed by atoms with van der Waals surface area (Å²) in [6.07, 6.45) is 0.825. The fraction of sp³-hybridized carbons (Fsp3) is 0.250. The molecule has 0 aliphatic carbocycles. The zero-order chi connectivity index (χ0) is 21.1. The Kier molecular flexibility index (Phi) is 5.30. The van der Waals surface area contributed by atoms with Gasteiger partial charge < -0.3 is 19.7 Å². The Hall–Kier alpha value is -3.56. The van der Waals surface area contributed by atoms with E-state index in [9.17, 15) is 18.0 Å². The Labute approximate surface area is 170 Å². The minimum absolute atomic E-state index is 0.115. The number of urea groups is 1. The van der Waals surface area contributed by atoms with E-state index in [1.54, 1.807) is 4.90 Å². The molecule has 1 fully saturated rings. The van der Waals surface area contributed by atoms with Crippen LogP contribution in [-0.2, 0) is 6.18 Å². The summed E-state index contributed by atoms with van der Waals surface area (Å²) < 4.78 is 40.4. The van der Waals surface area contributed by atoms with Crippen molar-refractivity contribution < 1.29 is 18.0 Å². The van der Waals surface area contributed by atoms with Crippen LogP contribution >= 0.6 is 0 Å². The standard InChI is InChI=1S/C20H19F3N6O/c21-20(22,23)15-4-3-5-16(12-15)26-19(30)29-10-8-28(9-11-29)18-13-17(24-14-25-18)27-6-1-2-7-27/h1-7,12-14H,8-11H2,(H,26,30). The molecule has 1 aromatic carbocycles. The van der Waals surface area contributed by atoms with E-state index in [4.69, 9.17) is 0 Å². The molecule has 0 unspecified atom stereocenters. The number of hydrogen-bond donors (Lipinski definition) is 1. The number of carbonyl (C=O) groups excluding carboxylic acids is 1. The first-order valence-electron chi connectivity index (χ1n) is 9.34. The van der Waals surface area contributed by atoms with Crippen LogP contribution in [0.1, 0.15) is 5.56 Å². The van der Waals surface area contributed by atoms with Crippen LogP contribution < -0.4 is 10.2 Å². The molecule has 4 rings (SSSR count). The number of aromatic nitrogens is 3. The van der Waals surface area contributed by atoms with E-state index < -0.39 is 17.8 Å². The number of nitrogens with zero attached hydrogens (tertiary/aromatic N) is 5. The van der Waals surface area contributed by atoms with Gasteiger partial charge in [0.2, 0.25) is 0 Å². The van der Waals surface area contributed by atoms with E-state index in [1.807, 2.05) is 40.1 Å². The van der Waals surface area contributed by atoms with Gasteiger partial charge in [-0.3, -0.25) is 0 Å². The van der Waals surface area contributed by atoms with Gasteiger partial charge in [0.05, 0.1) is 5.56 Å². The molecule has 3 heterocycles. The van der Waals surface area contributed by atoms with Gasteiger partial charge in [-0.15, -0.1) is 0 Å². The molecule has 7 nitrogen and oxygen atoms in total. The highest BCUT2D eigenvalue weighted by Crippen LogP contribution is 2.30. The second-order valence-corrected chi connectivity index (χ2v) is 6.81. The highest BCUT2D eigenvalue weighted by atomic mass is 19.4. The lowest BCUT2D eigenvalue weighted by Crippen LogP contribution is -2.50. The number of halogens is 3. The van der Waals surface area contributed by atoms with Crippen LogP contribution in [0, 0.1) is 0 Å². The van der Waals surface area contributed by atoms with E-state index in [0.29, 0.717) is 26.2 Å². The van der Waals surface area contributed by atoms with Crippen molar-refractivity contribution in [3.63, 3.8) is 0 Å². The van der Waals surface area contributed by atoms with Crippen LogP contribution in [0.25, 0.3) is 5.82 Å². The van der Waals surface area contributed by atoms with Crippen LogP contribution in [0.3, 0.4) is 0 Å². The lowest BCUT2D eigenvalue weighted by Gasteiger charge is -2.35. The molecule has 30 heavy (non-hydrogen) atoms. The van der Waals surface area contributed by atoms with E-state index in [-0.39, 0.29) is 5.69 Å². The molecular weight excluding hydrogens is 397 g/mol. The van der Waals surface area contributed by atoms with Crippen LogP contribution in [0.15, 0.2) is 61.2 Å². The summed E-state index contributed by atoms with van der Waals surface area (Å²) in [4.78, 5) is 24.7. The molecule has 0 radical (unpaired) electrons. The Balaban J connectivity index is 1.37. The van der Waals surface area contributed by atoms with Crippen LogP contribution in [0.2, 0.25) is 0 Å². The van der Waals surface area contributed by atoms with Gasteiger partial charge in [0.25, 0.3) is 0 Å². The molecule has 1 N–H and O–H groups in total. The third-order valence-electron chi connectivity index (χ3n) is 4.84. The maximum atomic E-state index is 12.8. The first-order valence-corrected chi connectivity index (χ1v) is 9.34. The molecule has 1 aliphatic heterocycles. The summed E-state index contributed by atoms with van der Waals surface area (Å²) in [5.41, 5.74) is -0.684. The maximum absolute atomic E-state index is 12.8. The number of hydrogen-bond acceptors (Lipinski definition) is 4. The Morgan fingerprint density at radius 1 is 0.933 bits per heavy atom. The number of carbonyl (C=O) groups is 1. The lowest BCUT2D eigenvalue weighted by atomic mass is 10.2. The third kappa shape index (κ3) is 4.37. The molecule has 156 valence electrons. The molecule has 0 spiro atoms. The summed E-state index contributed by atoms with van der Waals surface area (Å²) >= 11 is 0. The Bertz CT molecular complexity index is 1010. The number of nitrogens with one attached hydrogen (secondary N) is 1. The Morgan fingerprint density at radius 3 is 2.33 bits per heavy atom. The topological polar surface area (TPSA) is 66.3 Å². The number of benzene rings is 1. The van der Waals surface area contributed by atoms with Crippen molar-refractivity contribution in [2.75, 3.05) is 36.4 Å². The van der Waals surface area contributed by atoms with E-state index in [1.165, 1.54) is 18.5 Å². The SMILES string of the molecule is O=C(Nc1cccc(C(F)(F)F)c1)N1CCN(c2cc(-n3cccc3)ncn2)CC1. The average Bonchev–Trinajstić information content (AvgIpc) is 3.29. The van der Waals surface area contributed by atoms with Crippen LogP contribution in [0.4, 0.5) is 29.5 Å². The fourth-order valence-electron chi connectivity index (χ4n) is 3.25. The van der Waals surface area contributed by atoms with Gasteiger partial charge in [-0.1, -0.05) is 6.07 Å². The summed E-state index contributed by atoms with van der Waals surface area (Å²) in [7, 11) is 0. The monoisotopic (exact) mass is 416 g/mol. The zero-order valence-electron chi connectivity index (χ0n) is 15.9. The van der Waals surface area contributed by atoms with Crippen molar-refractivity contribution in [3.8, 4) is 5.82 Å². The van der Waals surface area contributed by atoms with Gasteiger partial charge in [-0.05, 0) is 30.3 Å². The van der Waals surface area contributed by atoms with Crippen molar-refractivity contribution in [1.82, 2.24) is 19.4 Å². The van der Waals surface area contributed by atoms with Gasteiger partial charge >= 0.3 is 12.2 Å². The van der Waals surface area contributed by atoms with Crippen LogP contribution in [-0.4, -0.2) is 51.6 Å². The van der Waals surface area contributed by atoms with Gasteiger partial charge in [0.15, 0.2) is 0 Å². The van der Waals surface area contributed by atoms with E-state index >= 15 is 0 Å². The van der Waals surface area contributed by atoms with Gasteiger partial charge in [0.1, 0.15) is 18.0 Å². The quantitative estimate of drug-likeness (QED) is 0.708. The number of amides is 2. The number of alkyl halides is 3. The predicted octanol–water partition coefficient (Wildman–Crippen LogP) is 3.64. The maximum Gasteiger partial charge on any atom is 0.416 e. The van der Waals surface area contributed by atoms with Crippen molar-refractivity contribution in [2.24, 2.45) is 0 Å². The highest BCUT2D eigenvalue weighted by molar-refractivity contribution is 5.89. The third-order valence-corrected chi connectivity index (χ3v) is 4.84. The number of anilines is 2. The first kappa shape index (κ1) is 19.7. The van der Waals surface area contributed by atoms with Crippen molar-refractivity contribution >= 4 is 17.5 Å². The Morgan fingerprint density at radius 2 is 1.63 bits per heavy atom. The molecule has 0 saturated carbocycles. The summed E-state index contributed by atoms with van der Waals surface area (Å²) in [6.45, 7) is 1.96. The second-order valence-electron chi connectivity index (χ2n) is 6.81. The molecule has 1 aliphatic rings. The molecule has 2 aromatic heterocycles. The number of piperazine rings is 1. The highest BCUT2D eigenvalue weighted by Gasteiger charge is 2.30. The largest absolute Gasteiger partial charge is 0.416 e. The van der Waals surface area contributed by atoms with Gasteiger partial charge in [-0.25, -0.2) is 14.8 Å². The fourth-order valence-corrected chi connectivity index (χ4v) is 3.25. The zero-order valence-corrected chi connectivity index (χ0v) is 15.9. The number of rotatable bonds is 3. The molecular formula is C20H19F3N6O. The smallest absolute Gasteiger partial charge is 0.353 e. The summed E-state index contributed by atoms with van der Waals surface area (Å²) in [5.74, 6) is 1.50. The minimum atomic E-state index is -4.45. The van der Waals surface area contributed by atoms with Crippen molar-refractivity contribution in [1.29, 1.82) is 0 Å². The molecule has 3 aromatic rings. The van der Waals surface area contributed by atoms with E-state index in [0.717, 1.165) is 23.8 Å². The minimum Gasteiger partial charge on any atom is -0.353 e. The van der Waals surface area contributed by atoms with Crippen molar-refractivity contribution in [2.45, 2.75) is 6.18 Å². The summed E-state index contributed by atoms with van der Waals surface area (Å²) in [5, 5.41) is 2.55. The predicted molar refractivity (Wildman–Crippen MR) is 106 cm³/mol. The molecule has 0 atom stereocenters.